The van der Waals surface area contributed by atoms with Crippen LogP contribution in [0.15, 0.2) is 18.2 Å². The Bertz CT molecular complexity index is 395. The van der Waals surface area contributed by atoms with Crippen LogP contribution >= 0.6 is 0 Å². The van der Waals surface area contributed by atoms with E-state index in [0.717, 1.165) is 18.5 Å². The molecule has 0 amide bonds. The zero-order valence-electron chi connectivity index (χ0n) is 10.1. The minimum absolute atomic E-state index is 0.129. The van der Waals surface area contributed by atoms with Crippen LogP contribution in [-0.4, -0.2) is 35.3 Å². The molecule has 1 aliphatic heterocycles. The number of phenols is 1. The third-order valence-electron chi connectivity index (χ3n) is 3.65. The first-order valence-electron chi connectivity index (χ1n) is 5.99. The molecule has 4 nitrogen and oxygen atoms in total. The predicted molar refractivity (Wildman–Crippen MR) is 66.6 cm³/mol. The standard InChI is InChI=1S/C13H20N2O2/c1-15-7-9(6-14)5-12(15)11-4-2-3-10(8-16)13(11)17/h2-4,9,12,16-17H,5-8,14H2,1H3. The molecule has 17 heavy (non-hydrogen) atoms. The number of hydrogen-bond acceptors (Lipinski definition) is 4. The molecular weight excluding hydrogens is 216 g/mol. The quantitative estimate of drug-likeness (QED) is 0.727. The van der Waals surface area contributed by atoms with Crippen molar-refractivity contribution in [3.63, 3.8) is 0 Å². The smallest absolute Gasteiger partial charge is 0.125 e. The van der Waals surface area contributed by atoms with Gasteiger partial charge in [0.15, 0.2) is 0 Å². The van der Waals surface area contributed by atoms with Gasteiger partial charge in [-0.25, -0.2) is 0 Å². The lowest BCUT2D eigenvalue weighted by atomic mass is 9.97. The zero-order chi connectivity index (χ0) is 12.4. The number of nitrogens with two attached hydrogens (primary N) is 1. The number of nitrogens with zero attached hydrogens (tertiary/aromatic N) is 1. The van der Waals surface area contributed by atoms with Crippen LogP contribution in [0, 0.1) is 5.92 Å². The molecule has 0 bridgehead atoms. The Morgan fingerprint density at radius 2 is 2.24 bits per heavy atom. The van der Waals surface area contributed by atoms with Crippen LogP contribution in [-0.2, 0) is 6.61 Å². The number of para-hydroxylation sites is 1. The summed E-state index contributed by atoms with van der Waals surface area (Å²) in [6, 6.07) is 5.75. The topological polar surface area (TPSA) is 69.7 Å². The Morgan fingerprint density at radius 1 is 1.47 bits per heavy atom. The molecule has 1 heterocycles. The van der Waals surface area contributed by atoms with Crippen LogP contribution in [0.1, 0.15) is 23.6 Å². The fourth-order valence-corrected chi connectivity index (χ4v) is 2.65. The summed E-state index contributed by atoms with van der Waals surface area (Å²) in [5.74, 6) is 0.715. The number of aliphatic hydroxyl groups is 1. The molecule has 0 saturated carbocycles. The van der Waals surface area contributed by atoms with Gasteiger partial charge in [0.05, 0.1) is 6.61 Å². The van der Waals surface area contributed by atoms with E-state index in [2.05, 4.69) is 4.90 Å². The van der Waals surface area contributed by atoms with Gasteiger partial charge in [-0.05, 0) is 25.9 Å². The third kappa shape index (κ3) is 2.29. The van der Waals surface area contributed by atoms with Crippen LogP contribution in [0.25, 0.3) is 0 Å². The first-order valence-corrected chi connectivity index (χ1v) is 5.99. The first-order chi connectivity index (χ1) is 8.17. The molecule has 1 fully saturated rings. The average Bonchev–Trinajstić information content (AvgIpc) is 2.71. The predicted octanol–water partition coefficient (Wildman–Crippen LogP) is 0.836. The Morgan fingerprint density at radius 3 is 2.82 bits per heavy atom. The van der Waals surface area contributed by atoms with Crippen LogP contribution in [0.5, 0.6) is 5.75 Å². The van der Waals surface area contributed by atoms with Gasteiger partial charge in [0.2, 0.25) is 0 Å². The van der Waals surface area contributed by atoms with Crippen molar-refractivity contribution in [2.45, 2.75) is 19.1 Å². The maximum atomic E-state index is 10.1. The summed E-state index contributed by atoms with van der Waals surface area (Å²) >= 11 is 0. The van der Waals surface area contributed by atoms with E-state index in [1.54, 1.807) is 6.07 Å². The van der Waals surface area contributed by atoms with Crippen molar-refractivity contribution in [2.24, 2.45) is 11.7 Å². The molecule has 4 heteroatoms. The zero-order valence-corrected chi connectivity index (χ0v) is 10.1. The second-order valence-electron chi connectivity index (χ2n) is 4.81. The molecule has 2 unspecified atom stereocenters. The normalized spacial score (nSPS) is 25.4. The summed E-state index contributed by atoms with van der Waals surface area (Å²) in [4.78, 5) is 2.22. The summed E-state index contributed by atoms with van der Waals surface area (Å²) in [6.45, 7) is 1.52. The SMILES string of the molecule is CN1CC(CN)CC1c1cccc(CO)c1O. The molecule has 1 aromatic carbocycles. The van der Waals surface area contributed by atoms with Gasteiger partial charge < -0.3 is 15.9 Å². The number of hydrogen-bond donors (Lipinski definition) is 3. The number of aliphatic hydroxyl groups excluding tert-OH is 1. The summed E-state index contributed by atoms with van der Waals surface area (Å²) in [5, 5.41) is 19.3. The minimum Gasteiger partial charge on any atom is -0.507 e. The van der Waals surface area contributed by atoms with Crippen LogP contribution in [0.4, 0.5) is 0 Å². The molecule has 1 aliphatic rings. The maximum absolute atomic E-state index is 10.1. The molecule has 2 rings (SSSR count). The van der Waals surface area contributed by atoms with Gasteiger partial charge in [-0.1, -0.05) is 18.2 Å². The number of likely N-dealkylation sites (tertiary alicyclic amines) is 1. The van der Waals surface area contributed by atoms with Gasteiger partial charge in [-0.3, -0.25) is 4.90 Å². The summed E-state index contributed by atoms with van der Waals surface area (Å²) in [5.41, 5.74) is 7.19. The molecule has 1 aromatic rings. The number of aromatic hydroxyl groups is 1. The second-order valence-corrected chi connectivity index (χ2v) is 4.81. The molecule has 94 valence electrons. The molecule has 0 aromatic heterocycles. The van der Waals surface area contributed by atoms with Crippen molar-refractivity contribution in [1.29, 1.82) is 0 Å². The Labute approximate surface area is 102 Å². The van der Waals surface area contributed by atoms with Gasteiger partial charge in [0, 0.05) is 23.7 Å². The highest BCUT2D eigenvalue weighted by molar-refractivity contribution is 5.42. The molecule has 0 radical (unpaired) electrons. The summed E-state index contributed by atoms with van der Waals surface area (Å²) < 4.78 is 0. The van der Waals surface area contributed by atoms with E-state index in [-0.39, 0.29) is 18.4 Å². The van der Waals surface area contributed by atoms with Crippen molar-refractivity contribution in [1.82, 2.24) is 4.90 Å². The molecular formula is C13H20N2O2. The molecule has 2 atom stereocenters. The lowest BCUT2D eigenvalue weighted by Crippen LogP contribution is -2.20. The Hall–Kier alpha value is -1.10. The minimum atomic E-state index is -0.129. The highest BCUT2D eigenvalue weighted by Crippen LogP contribution is 2.38. The molecule has 0 aliphatic carbocycles. The lowest BCUT2D eigenvalue weighted by molar-refractivity contribution is 0.271. The Balaban J connectivity index is 2.28. The van der Waals surface area contributed by atoms with Crippen molar-refractivity contribution in [3.8, 4) is 5.75 Å². The number of benzene rings is 1. The molecule has 4 N–H and O–H groups in total. The van der Waals surface area contributed by atoms with Crippen molar-refractivity contribution in [3.05, 3.63) is 29.3 Å². The molecule has 1 saturated heterocycles. The second kappa shape index (κ2) is 5.04. The van der Waals surface area contributed by atoms with Crippen molar-refractivity contribution in [2.75, 3.05) is 20.1 Å². The van der Waals surface area contributed by atoms with Crippen LogP contribution in [0.3, 0.4) is 0 Å². The van der Waals surface area contributed by atoms with E-state index >= 15 is 0 Å². The summed E-state index contributed by atoms with van der Waals surface area (Å²) in [7, 11) is 2.05. The maximum Gasteiger partial charge on any atom is 0.125 e. The van der Waals surface area contributed by atoms with Gasteiger partial charge in [-0.2, -0.15) is 0 Å². The summed E-state index contributed by atoms with van der Waals surface area (Å²) in [6.07, 6.45) is 0.968. The number of rotatable bonds is 3. The van der Waals surface area contributed by atoms with Crippen LogP contribution in [0.2, 0.25) is 0 Å². The van der Waals surface area contributed by atoms with Gasteiger partial charge in [0.1, 0.15) is 5.75 Å². The van der Waals surface area contributed by atoms with Gasteiger partial charge in [-0.15, -0.1) is 0 Å². The van der Waals surface area contributed by atoms with E-state index in [1.165, 1.54) is 0 Å². The largest absolute Gasteiger partial charge is 0.507 e. The van der Waals surface area contributed by atoms with E-state index < -0.39 is 0 Å². The van der Waals surface area contributed by atoms with Gasteiger partial charge >= 0.3 is 0 Å². The fourth-order valence-electron chi connectivity index (χ4n) is 2.65. The van der Waals surface area contributed by atoms with E-state index in [0.29, 0.717) is 18.0 Å². The highest BCUT2D eigenvalue weighted by Gasteiger charge is 2.31. The van der Waals surface area contributed by atoms with Crippen molar-refractivity contribution < 1.29 is 10.2 Å². The van der Waals surface area contributed by atoms with Crippen molar-refractivity contribution >= 4 is 0 Å². The Kier molecular flexibility index (Phi) is 3.66. The van der Waals surface area contributed by atoms with E-state index in [4.69, 9.17) is 10.8 Å². The first kappa shape index (κ1) is 12.4. The average molecular weight is 236 g/mol. The molecule has 0 spiro atoms. The lowest BCUT2D eigenvalue weighted by Gasteiger charge is -2.21. The van der Waals surface area contributed by atoms with Crippen LogP contribution < -0.4 is 5.73 Å². The van der Waals surface area contributed by atoms with Gasteiger partial charge in [0.25, 0.3) is 0 Å². The van der Waals surface area contributed by atoms with E-state index in [1.807, 2.05) is 19.2 Å². The highest BCUT2D eigenvalue weighted by atomic mass is 16.3. The third-order valence-corrected chi connectivity index (χ3v) is 3.65. The van der Waals surface area contributed by atoms with E-state index in [9.17, 15) is 5.11 Å². The fraction of sp³-hybridized carbons (Fsp3) is 0.538. The monoisotopic (exact) mass is 236 g/mol.